The number of benzene rings is 2. The van der Waals surface area contributed by atoms with Crippen molar-refractivity contribution in [1.29, 1.82) is 0 Å². The molecule has 28 heavy (non-hydrogen) atoms. The van der Waals surface area contributed by atoms with Crippen LogP contribution in [0.2, 0.25) is 5.02 Å². The van der Waals surface area contributed by atoms with Crippen LogP contribution < -0.4 is 5.32 Å². The lowest BCUT2D eigenvalue weighted by molar-refractivity contribution is -0.137. The summed E-state index contributed by atoms with van der Waals surface area (Å²) in [4.78, 5) is 7.15. The first-order valence-electron chi connectivity index (χ1n) is 8.53. The summed E-state index contributed by atoms with van der Waals surface area (Å²) in [5, 5.41) is 4.17. The van der Waals surface area contributed by atoms with Gasteiger partial charge in [0.15, 0.2) is 0 Å². The lowest BCUT2D eigenvalue weighted by Crippen LogP contribution is -2.07. The van der Waals surface area contributed by atoms with Gasteiger partial charge in [-0.25, -0.2) is 4.98 Å². The smallest absolute Gasteiger partial charge is 0.381 e. The molecule has 0 spiro atoms. The molecular weight excluding hydrogens is 387 g/mol. The fraction of sp³-hybridized carbons (Fsp3) is 0.0952. The third-order valence-electron chi connectivity index (χ3n) is 4.41. The lowest BCUT2D eigenvalue weighted by Gasteiger charge is -2.14. The average molecular weight is 404 g/mol. The molecule has 0 saturated heterocycles. The van der Waals surface area contributed by atoms with Gasteiger partial charge in [-0.2, -0.15) is 13.2 Å². The molecule has 4 rings (SSSR count). The van der Waals surface area contributed by atoms with Crippen molar-refractivity contribution >= 4 is 28.3 Å². The van der Waals surface area contributed by atoms with Gasteiger partial charge in [0.2, 0.25) is 0 Å². The minimum Gasteiger partial charge on any atom is -0.381 e. The summed E-state index contributed by atoms with van der Waals surface area (Å²) < 4.78 is 40.4. The van der Waals surface area contributed by atoms with E-state index >= 15 is 0 Å². The zero-order chi connectivity index (χ0) is 19.7. The summed E-state index contributed by atoms with van der Waals surface area (Å²) in [7, 11) is 0. The highest BCUT2D eigenvalue weighted by atomic mass is 35.5. The number of fused-ring (bicyclic) bond motifs is 1. The molecule has 0 bridgehead atoms. The third kappa shape index (κ3) is 3.82. The van der Waals surface area contributed by atoms with Crippen molar-refractivity contribution in [3.8, 4) is 11.1 Å². The number of hydrogen-bond donors (Lipinski definition) is 2. The van der Waals surface area contributed by atoms with Crippen molar-refractivity contribution in [3.05, 3.63) is 83.1 Å². The van der Waals surface area contributed by atoms with E-state index in [1.807, 2.05) is 30.3 Å². The molecule has 3 nitrogen and oxygen atoms in total. The Kier molecular flexibility index (Phi) is 4.73. The quantitative estimate of drug-likeness (QED) is 0.395. The molecule has 7 heteroatoms. The normalized spacial score (nSPS) is 11.7. The number of hydrogen-bond acceptors (Lipinski definition) is 2. The third-order valence-corrected chi connectivity index (χ3v) is 4.62. The van der Waals surface area contributed by atoms with Crippen LogP contribution in [0, 0.1) is 0 Å². The highest BCUT2D eigenvalue weighted by Crippen LogP contribution is 2.37. The summed E-state index contributed by atoms with van der Waals surface area (Å²) in [6.45, 7) is 0.420. The maximum absolute atomic E-state index is 13.5. The SMILES string of the molecule is FC(F)(F)c1cc(NCc2ccccc2)cc(-c2c[nH]c3ncc(Cl)cc23)c1.[HH]. The fourth-order valence-electron chi connectivity index (χ4n) is 3.07. The number of anilines is 1. The number of rotatable bonds is 4. The van der Waals surface area contributed by atoms with Crippen LogP contribution in [-0.4, -0.2) is 9.97 Å². The molecule has 0 aliphatic rings. The van der Waals surface area contributed by atoms with E-state index in [-0.39, 0.29) is 1.43 Å². The van der Waals surface area contributed by atoms with Crippen LogP contribution in [0.5, 0.6) is 0 Å². The van der Waals surface area contributed by atoms with Gasteiger partial charge in [0.05, 0.1) is 10.6 Å². The Morgan fingerprint density at radius 1 is 1.07 bits per heavy atom. The van der Waals surface area contributed by atoms with Gasteiger partial charge < -0.3 is 10.3 Å². The Morgan fingerprint density at radius 3 is 2.61 bits per heavy atom. The predicted octanol–water partition coefficient (Wildman–Crippen LogP) is 6.76. The Hall–Kier alpha value is -2.99. The van der Waals surface area contributed by atoms with Gasteiger partial charge in [-0.1, -0.05) is 41.9 Å². The molecular formula is C21H17ClF3N3. The molecule has 0 aliphatic carbocycles. The van der Waals surface area contributed by atoms with Gasteiger partial charge in [-0.05, 0) is 35.4 Å². The van der Waals surface area contributed by atoms with Crippen LogP contribution in [0.15, 0.2) is 67.0 Å². The number of pyridine rings is 1. The van der Waals surface area contributed by atoms with Crippen molar-refractivity contribution in [2.45, 2.75) is 12.7 Å². The summed E-state index contributed by atoms with van der Waals surface area (Å²) in [5.74, 6) is 0. The summed E-state index contributed by atoms with van der Waals surface area (Å²) in [6.07, 6.45) is -1.32. The van der Waals surface area contributed by atoms with Crippen LogP contribution in [0.3, 0.4) is 0 Å². The van der Waals surface area contributed by atoms with Crippen LogP contribution in [0.25, 0.3) is 22.2 Å². The maximum Gasteiger partial charge on any atom is 0.416 e. The van der Waals surface area contributed by atoms with E-state index < -0.39 is 11.7 Å². The predicted molar refractivity (Wildman–Crippen MR) is 107 cm³/mol. The maximum atomic E-state index is 13.5. The van der Waals surface area contributed by atoms with Crippen LogP contribution in [-0.2, 0) is 12.7 Å². The first kappa shape index (κ1) is 18.4. The molecule has 2 N–H and O–H groups in total. The summed E-state index contributed by atoms with van der Waals surface area (Å²) in [6, 6.07) is 15.1. The first-order chi connectivity index (χ1) is 13.4. The Morgan fingerprint density at radius 2 is 1.86 bits per heavy atom. The highest BCUT2D eigenvalue weighted by molar-refractivity contribution is 6.31. The molecule has 4 aromatic rings. The molecule has 0 radical (unpaired) electrons. The summed E-state index contributed by atoms with van der Waals surface area (Å²) in [5.41, 5.74) is 2.25. The molecule has 0 saturated carbocycles. The fourth-order valence-corrected chi connectivity index (χ4v) is 3.22. The van der Waals surface area contributed by atoms with E-state index in [9.17, 15) is 13.2 Å². The van der Waals surface area contributed by atoms with Crippen molar-refractivity contribution in [2.75, 3.05) is 5.32 Å². The first-order valence-corrected chi connectivity index (χ1v) is 8.91. The minimum atomic E-state index is -4.46. The number of alkyl halides is 3. The van der Waals surface area contributed by atoms with Crippen molar-refractivity contribution in [1.82, 2.24) is 9.97 Å². The number of halogens is 4. The van der Waals surface area contributed by atoms with Gasteiger partial charge in [-0.3, -0.25) is 0 Å². The van der Waals surface area contributed by atoms with E-state index in [0.29, 0.717) is 39.4 Å². The van der Waals surface area contributed by atoms with Gasteiger partial charge in [0, 0.05) is 37.0 Å². The van der Waals surface area contributed by atoms with E-state index in [4.69, 9.17) is 11.6 Å². The molecule has 0 amide bonds. The zero-order valence-corrected chi connectivity index (χ0v) is 15.3. The molecule has 0 atom stereocenters. The molecule has 2 heterocycles. The standard InChI is InChI=1S/C21H15ClF3N3.H2/c22-16-9-18-19(12-28-20(18)27-11-16)14-6-15(21(23,24)25)8-17(7-14)26-10-13-4-2-1-3-5-13;/h1-9,11-12,26H,10H2,(H,27,28);1H. The van der Waals surface area contributed by atoms with Crippen LogP contribution in [0.4, 0.5) is 18.9 Å². The second-order valence-electron chi connectivity index (χ2n) is 6.39. The Balaban J connectivity index is 0.00000240. The highest BCUT2D eigenvalue weighted by Gasteiger charge is 2.31. The topological polar surface area (TPSA) is 40.7 Å². The number of nitrogens with zero attached hydrogens (tertiary/aromatic N) is 1. The molecule has 144 valence electrons. The second kappa shape index (κ2) is 7.20. The van der Waals surface area contributed by atoms with E-state index in [2.05, 4.69) is 15.3 Å². The number of aromatic amines is 1. The number of H-pyrrole nitrogens is 1. The molecule has 2 aromatic carbocycles. The van der Waals surface area contributed by atoms with Gasteiger partial charge in [0.25, 0.3) is 0 Å². The van der Waals surface area contributed by atoms with Gasteiger partial charge >= 0.3 is 6.18 Å². The van der Waals surface area contributed by atoms with Crippen molar-refractivity contribution in [2.24, 2.45) is 0 Å². The number of nitrogens with one attached hydrogen (secondary N) is 2. The Labute approximate surface area is 165 Å². The Bertz CT molecular complexity index is 1130. The molecule has 2 aromatic heterocycles. The average Bonchev–Trinajstić information content (AvgIpc) is 3.09. The zero-order valence-electron chi connectivity index (χ0n) is 14.5. The van der Waals surface area contributed by atoms with Crippen LogP contribution >= 0.6 is 11.6 Å². The van der Waals surface area contributed by atoms with E-state index in [1.54, 1.807) is 18.3 Å². The molecule has 0 unspecified atom stereocenters. The molecule has 0 aliphatic heterocycles. The minimum absolute atomic E-state index is 0. The van der Waals surface area contributed by atoms with Crippen molar-refractivity contribution < 1.29 is 14.6 Å². The van der Waals surface area contributed by atoms with Gasteiger partial charge in [-0.15, -0.1) is 0 Å². The monoisotopic (exact) mass is 403 g/mol. The van der Waals surface area contributed by atoms with Crippen LogP contribution in [0.1, 0.15) is 12.6 Å². The summed E-state index contributed by atoms with van der Waals surface area (Å²) >= 11 is 6.02. The molecule has 0 fully saturated rings. The van der Waals surface area contributed by atoms with E-state index in [1.165, 1.54) is 6.20 Å². The van der Waals surface area contributed by atoms with Gasteiger partial charge in [0.1, 0.15) is 5.65 Å². The number of aromatic nitrogens is 2. The lowest BCUT2D eigenvalue weighted by atomic mass is 10.0. The second-order valence-corrected chi connectivity index (χ2v) is 6.82. The van der Waals surface area contributed by atoms with Crippen molar-refractivity contribution in [3.63, 3.8) is 0 Å². The largest absolute Gasteiger partial charge is 0.416 e. The van der Waals surface area contributed by atoms with E-state index in [0.717, 1.165) is 17.7 Å².